The first-order valence-corrected chi connectivity index (χ1v) is 7.67. The first kappa shape index (κ1) is 15.6. The topological polar surface area (TPSA) is 53.1 Å². The minimum absolute atomic E-state index is 0.0128. The molecule has 0 amide bonds. The molecule has 1 aromatic carbocycles. The highest BCUT2D eigenvalue weighted by molar-refractivity contribution is 5.35. The molecule has 1 aromatic heterocycles. The van der Waals surface area contributed by atoms with Crippen molar-refractivity contribution >= 4 is 0 Å². The Morgan fingerprint density at radius 3 is 2.67 bits per heavy atom. The summed E-state index contributed by atoms with van der Waals surface area (Å²) in [6.07, 6.45) is 3.97. The highest BCUT2D eigenvalue weighted by atomic mass is 16.5. The second-order valence-electron chi connectivity index (χ2n) is 5.39. The van der Waals surface area contributed by atoms with E-state index in [1.807, 2.05) is 41.2 Å². The molecule has 0 radical (unpaired) electrons. The molecule has 21 heavy (non-hydrogen) atoms. The Bertz CT molecular complexity index is 565. The molecule has 2 N–H and O–H groups in total. The zero-order chi connectivity index (χ0) is 15.2. The second kappa shape index (κ2) is 7.27. The van der Waals surface area contributed by atoms with E-state index >= 15 is 0 Å². The summed E-state index contributed by atoms with van der Waals surface area (Å²) in [4.78, 5) is 0. The molecule has 2 rings (SSSR count). The minimum Gasteiger partial charge on any atom is -0.487 e. The van der Waals surface area contributed by atoms with Crippen molar-refractivity contribution in [1.82, 2.24) is 9.78 Å². The first-order valence-electron chi connectivity index (χ1n) is 7.67. The molecule has 4 nitrogen and oxygen atoms in total. The van der Waals surface area contributed by atoms with Crippen LogP contribution in [0.1, 0.15) is 57.0 Å². The van der Waals surface area contributed by atoms with Gasteiger partial charge in [-0.1, -0.05) is 32.0 Å². The van der Waals surface area contributed by atoms with Gasteiger partial charge in [0.15, 0.2) is 0 Å². The van der Waals surface area contributed by atoms with Gasteiger partial charge in [0.25, 0.3) is 0 Å². The lowest BCUT2D eigenvalue weighted by Gasteiger charge is -2.15. The zero-order valence-corrected chi connectivity index (χ0v) is 13.1. The molecule has 0 spiro atoms. The molecule has 2 atom stereocenters. The van der Waals surface area contributed by atoms with E-state index in [1.165, 1.54) is 0 Å². The van der Waals surface area contributed by atoms with Crippen molar-refractivity contribution in [1.29, 1.82) is 0 Å². The van der Waals surface area contributed by atoms with Gasteiger partial charge in [0.1, 0.15) is 12.4 Å². The molecule has 0 saturated carbocycles. The van der Waals surface area contributed by atoms with Gasteiger partial charge in [-0.15, -0.1) is 0 Å². The van der Waals surface area contributed by atoms with Gasteiger partial charge >= 0.3 is 0 Å². The van der Waals surface area contributed by atoms with Crippen LogP contribution in [0.25, 0.3) is 0 Å². The fourth-order valence-electron chi connectivity index (χ4n) is 2.18. The standard InChI is InChI=1S/C17H25N3O/c1-4-13(3)20-11-10-14(19-20)12-21-17-9-7-6-8-15(17)16(18)5-2/h6-11,13,16H,4-5,12,18H2,1-3H3/t13?,16-/m1/s1. The van der Waals surface area contributed by atoms with Crippen molar-refractivity contribution in [3.05, 3.63) is 47.8 Å². The minimum atomic E-state index is 0.0128. The number of aromatic nitrogens is 2. The number of ether oxygens (including phenoxy) is 1. The number of hydrogen-bond donors (Lipinski definition) is 1. The Morgan fingerprint density at radius 1 is 1.19 bits per heavy atom. The fourth-order valence-corrected chi connectivity index (χ4v) is 2.18. The predicted molar refractivity (Wildman–Crippen MR) is 85.2 cm³/mol. The summed E-state index contributed by atoms with van der Waals surface area (Å²) in [6, 6.07) is 10.4. The molecule has 0 saturated heterocycles. The van der Waals surface area contributed by atoms with Crippen LogP contribution in [-0.4, -0.2) is 9.78 Å². The third-order valence-electron chi connectivity index (χ3n) is 3.84. The average molecular weight is 287 g/mol. The smallest absolute Gasteiger partial charge is 0.132 e. The van der Waals surface area contributed by atoms with Gasteiger partial charge in [-0.05, 0) is 31.9 Å². The maximum atomic E-state index is 6.13. The third kappa shape index (κ3) is 3.85. The van der Waals surface area contributed by atoms with Crippen LogP contribution in [0.3, 0.4) is 0 Å². The highest BCUT2D eigenvalue weighted by Gasteiger charge is 2.11. The summed E-state index contributed by atoms with van der Waals surface area (Å²) < 4.78 is 7.91. The van der Waals surface area contributed by atoms with Crippen molar-refractivity contribution in [2.45, 2.75) is 52.3 Å². The molecular weight excluding hydrogens is 262 g/mol. The molecule has 0 fully saturated rings. The Kier molecular flexibility index (Phi) is 5.39. The van der Waals surface area contributed by atoms with Gasteiger partial charge in [0.05, 0.1) is 5.69 Å². The van der Waals surface area contributed by atoms with Gasteiger partial charge in [-0.3, -0.25) is 4.68 Å². The summed E-state index contributed by atoms with van der Waals surface area (Å²) in [7, 11) is 0. The lowest BCUT2D eigenvalue weighted by molar-refractivity contribution is 0.293. The molecular formula is C17H25N3O. The number of rotatable bonds is 7. The van der Waals surface area contributed by atoms with E-state index in [1.54, 1.807) is 0 Å². The van der Waals surface area contributed by atoms with Crippen molar-refractivity contribution in [3.8, 4) is 5.75 Å². The maximum absolute atomic E-state index is 6.13. The van der Waals surface area contributed by atoms with E-state index in [4.69, 9.17) is 10.5 Å². The maximum Gasteiger partial charge on any atom is 0.132 e. The summed E-state index contributed by atoms with van der Waals surface area (Å²) in [5, 5.41) is 4.55. The summed E-state index contributed by atoms with van der Waals surface area (Å²) in [5.74, 6) is 0.852. The van der Waals surface area contributed by atoms with Crippen molar-refractivity contribution in [2.75, 3.05) is 0 Å². The molecule has 4 heteroatoms. The van der Waals surface area contributed by atoms with Crippen LogP contribution in [0.2, 0.25) is 0 Å². The molecule has 0 aliphatic carbocycles. The molecule has 1 heterocycles. The van der Waals surface area contributed by atoms with Crippen LogP contribution in [0.5, 0.6) is 5.75 Å². The van der Waals surface area contributed by atoms with E-state index in [0.29, 0.717) is 12.6 Å². The third-order valence-corrected chi connectivity index (χ3v) is 3.84. The van der Waals surface area contributed by atoms with Crippen LogP contribution in [0.15, 0.2) is 36.5 Å². The van der Waals surface area contributed by atoms with Crippen molar-refractivity contribution < 1.29 is 4.74 Å². The van der Waals surface area contributed by atoms with Crippen molar-refractivity contribution in [3.63, 3.8) is 0 Å². The van der Waals surface area contributed by atoms with E-state index in [9.17, 15) is 0 Å². The largest absolute Gasteiger partial charge is 0.487 e. The average Bonchev–Trinajstić information content (AvgIpc) is 3.00. The lowest BCUT2D eigenvalue weighted by Crippen LogP contribution is -2.11. The Labute approximate surface area is 126 Å². The first-order chi connectivity index (χ1) is 10.2. The number of nitrogens with two attached hydrogens (primary N) is 1. The van der Waals surface area contributed by atoms with Gasteiger partial charge in [0.2, 0.25) is 0 Å². The van der Waals surface area contributed by atoms with E-state index in [-0.39, 0.29) is 6.04 Å². The summed E-state index contributed by atoms with van der Waals surface area (Å²) >= 11 is 0. The Balaban J connectivity index is 2.05. The van der Waals surface area contributed by atoms with Crippen LogP contribution in [0, 0.1) is 0 Å². The molecule has 0 bridgehead atoms. The number of para-hydroxylation sites is 1. The van der Waals surface area contributed by atoms with E-state index in [2.05, 4.69) is 25.9 Å². The van der Waals surface area contributed by atoms with E-state index < -0.39 is 0 Å². The van der Waals surface area contributed by atoms with Crippen LogP contribution in [0.4, 0.5) is 0 Å². The van der Waals surface area contributed by atoms with E-state index in [0.717, 1.165) is 29.8 Å². The molecule has 114 valence electrons. The fraction of sp³-hybridized carbons (Fsp3) is 0.471. The Morgan fingerprint density at radius 2 is 1.95 bits per heavy atom. The normalized spacial score (nSPS) is 13.9. The quantitative estimate of drug-likeness (QED) is 0.841. The van der Waals surface area contributed by atoms with Crippen LogP contribution >= 0.6 is 0 Å². The summed E-state index contributed by atoms with van der Waals surface area (Å²) in [5.41, 5.74) is 8.12. The monoisotopic (exact) mass is 287 g/mol. The molecule has 0 aliphatic rings. The molecule has 0 aliphatic heterocycles. The Hall–Kier alpha value is -1.81. The zero-order valence-electron chi connectivity index (χ0n) is 13.1. The van der Waals surface area contributed by atoms with Gasteiger partial charge < -0.3 is 10.5 Å². The van der Waals surface area contributed by atoms with Gasteiger partial charge in [0, 0.05) is 23.8 Å². The van der Waals surface area contributed by atoms with Crippen LogP contribution < -0.4 is 10.5 Å². The second-order valence-corrected chi connectivity index (χ2v) is 5.39. The predicted octanol–water partition coefficient (Wildman–Crippen LogP) is 3.84. The van der Waals surface area contributed by atoms with Gasteiger partial charge in [-0.25, -0.2) is 0 Å². The number of benzene rings is 1. The summed E-state index contributed by atoms with van der Waals surface area (Å²) in [6.45, 7) is 6.87. The number of nitrogens with zero attached hydrogens (tertiary/aromatic N) is 2. The van der Waals surface area contributed by atoms with Crippen molar-refractivity contribution in [2.24, 2.45) is 5.73 Å². The highest BCUT2D eigenvalue weighted by Crippen LogP contribution is 2.26. The number of hydrogen-bond acceptors (Lipinski definition) is 3. The lowest BCUT2D eigenvalue weighted by atomic mass is 10.0. The molecule has 1 unspecified atom stereocenters. The molecule has 2 aromatic rings. The van der Waals surface area contributed by atoms with Gasteiger partial charge in [-0.2, -0.15) is 5.10 Å². The SMILES string of the molecule is CCC(C)n1ccc(COc2ccccc2[C@H](N)CC)n1. The van der Waals surface area contributed by atoms with Crippen LogP contribution in [-0.2, 0) is 6.61 Å².